The van der Waals surface area contributed by atoms with Gasteiger partial charge in [0.2, 0.25) is 5.91 Å². The molecule has 0 saturated carbocycles. The second-order valence-corrected chi connectivity index (χ2v) is 10.9. The average molecular weight is 471 g/mol. The Hall–Kier alpha value is -2.23. The molecule has 1 aromatic carbocycles. The van der Waals surface area contributed by atoms with E-state index >= 15 is 0 Å². The summed E-state index contributed by atoms with van der Waals surface area (Å²) in [5.41, 5.74) is 3.69. The second kappa shape index (κ2) is 8.72. The number of nitrogens with zero attached hydrogens (tertiary/aromatic N) is 3. The largest absolute Gasteiger partial charge is 0.326 e. The minimum Gasteiger partial charge on any atom is -0.326 e. The van der Waals surface area contributed by atoms with E-state index in [0.29, 0.717) is 12.2 Å². The maximum Gasteiger partial charge on any atom is 0.259 e. The Morgan fingerprint density at radius 2 is 2.06 bits per heavy atom. The summed E-state index contributed by atoms with van der Waals surface area (Å²) in [7, 11) is 0. The Labute approximate surface area is 191 Å². The molecule has 0 spiro atoms. The van der Waals surface area contributed by atoms with E-state index in [2.05, 4.69) is 10.3 Å². The van der Waals surface area contributed by atoms with E-state index in [9.17, 15) is 9.59 Å². The Morgan fingerprint density at radius 3 is 2.94 bits per heavy atom. The molecule has 1 N–H and O–H groups in total. The van der Waals surface area contributed by atoms with Crippen LogP contribution in [0.4, 0.5) is 5.69 Å². The van der Waals surface area contributed by atoms with Crippen molar-refractivity contribution in [1.82, 2.24) is 14.4 Å². The highest BCUT2D eigenvalue weighted by molar-refractivity contribution is 8.00. The summed E-state index contributed by atoms with van der Waals surface area (Å²) in [6, 6.07) is 7.46. The monoisotopic (exact) mass is 470 g/mol. The van der Waals surface area contributed by atoms with Crippen LogP contribution in [-0.4, -0.2) is 20.3 Å². The van der Waals surface area contributed by atoms with Crippen LogP contribution in [0.25, 0.3) is 15.2 Å². The van der Waals surface area contributed by atoms with Gasteiger partial charge in [0.25, 0.3) is 5.56 Å². The molecular formula is C22H22N4O2S3. The molecule has 1 amide bonds. The second-order valence-electron chi connectivity index (χ2n) is 7.63. The zero-order valence-corrected chi connectivity index (χ0v) is 19.6. The first-order valence-corrected chi connectivity index (χ1v) is 13.1. The van der Waals surface area contributed by atoms with E-state index < -0.39 is 0 Å². The molecule has 1 aliphatic rings. The lowest BCUT2D eigenvalue weighted by Crippen LogP contribution is -2.17. The van der Waals surface area contributed by atoms with Crippen LogP contribution in [0.1, 0.15) is 48.9 Å². The molecule has 0 unspecified atom stereocenters. The molecule has 0 atom stereocenters. The third-order valence-corrected chi connectivity index (χ3v) is 8.63. The van der Waals surface area contributed by atoms with Crippen molar-refractivity contribution in [3.05, 3.63) is 50.9 Å². The highest BCUT2D eigenvalue weighted by atomic mass is 32.2. The maximum atomic E-state index is 12.7. The van der Waals surface area contributed by atoms with Gasteiger partial charge in [-0.25, -0.2) is 9.97 Å². The SMILES string of the molecule is CCCC(=O)Nc1ccc2nc(SCc3cc(=O)n4c5c(sc4n3)CCCC5)sc2c1. The Bertz CT molecular complexity index is 1340. The van der Waals surface area contributed by atoms with Crippen LogP contribution >= 0.6 is 34.4 Å². The molecule has 0 fully saturated rings. The first-order valence-electron chi connectivity index (χ1n) is 10.5. The van der Waals surface area contributed by atoms with Crippen LogP contribution in [0.3, 0.4) is 0 Å². The summed E-state index contributed by atoms with van der Waals surface area (Å²) >= 11 is 4.84. The van der Waals surface area contributed by atoms with Crippen molar-refractivity contribution in [3.63, 3.8) is 0 Å². The Morgan fingerprint density at radius 1 is 1.19 bits per heavy atom. The van der Waals surface area contributed by atoms with Gasteiger partial charge in [0.15, 0.2) is 9.30 Å². The number of nitrogens with one attached hydrogen (secondary N) is 1. The average Bonchev–Trinajstić information content (AvgIpc) is 3.32. The van der Waals surface area contributed by atoms with Gasteiger partial charge in [0.05, 0.1) is 15.9 Å². The number of thiazole rings is 2. The number of fused-ring (bicyclic) bond motifs is 4. The lowest BCUT2D eigenvalue weighted by Gasteiger charge is -2.10. The smallest absolute Gasteiger partial charge is 0.259 e. The fourth-order valence-corrected chi connectivity index (χ4v) is 7.08. The van der Waals surface area contributed by atoms with Crippen molar-refractivity contribution < 1.29 is 4.79 Å². The molecule has 3 aromatic heterocycles. The molecule has 4 aromatic rings. The van der Waals surface area contributed by atoms with Crippen LogP contribution in [-0.2, 0) is 23.4 Å². The van der Waals surface area contributed by atoms with Gasteiger partial charge in [-0.2, -0.15) is 0 Å². The fraction of sp³-hybridized carbons (Fsp3) is 0.364. The number of carbonyl (C=O) groups is 1. The van der Waals surface area contributed by atoms with Crippen LogP contribution in [0.5, 0.6) is 0 Å². The molecule has 0 saturated heterocycles. The van der Waals surface area contributed by atoms with Crippen LogP contribution < -0.4 is 10.9 Å². The van der Waals surface area contributed by atoms with E-state index in [1.54, 1.807) is 44.9 Å². The minimum atomic E-state index is 0.0248. The summed E-state index contributed by atoms with van der Waals surface area (Å²) in [6.45, 7) is 1.99. The molecule has 0 radical (unpaired) electrons. The van der Waals surface area contributed by atoms with E-state index in [1.165, 1.54) is 11.3 Å². The molecule has 6 nitrogen and oxygen atoms in total. The zero-order chi connectivity index (χ0) is 21.4. The van der Waals surface area contributed by atoms with Gasteiger partial charge in [0, 0.05) is 34.5 Å². The van der Waals surface area contributed by atoms with Gasteiger partial charge >= 0.3 is 0 Å². The maximum absolute atomic E-state index is 12.7. The lowest BCUT2D eigenvalue weighted by atomic mass is 10.0. The van der Waals surface area contributed by atoms with E-state index in [4.69, 9.17) is 4.98 Å². The topological polar surface area (TPSA) is 76.4 Å². The number of rotatable bonds is 6. The number of aryl methyl sites for hydroxylation is 2. The van der Waals surface area contributed by atoms with Gasteiger partial charge in [-0.1, -0.05) is 18.7 Å². The number of carbonyl (C=O) groups excluding carboxylic acids is 1. The molecule has 31 heavy (non-hydrogen) atoms. The van der Waals surface area contributed by atoms with Crippen LogP contribution in [0, 0.1) is 0 Å². The van der Waals surface area contributed by atoms with Crippen molar-refractivity contribution in [1.29, 1.82) is 0 Å². The van der Waals surface area contributed by atoms with Crippen LogP contribution in [0.2, 0.25) is 0 Å². The van der Waals surface area contributed by atoms with Gasteiger partial charge in [-0.05, 0) is 50.3 Å². The zero-order valence-electron chi connectivity index (χ0n) is 17.1. The number of hydrogen-bond donors (Lipinski definition) is 1. The summed E-state index contributed by atoms with van der Waals surface area (Å²) < 4.78 is 3.77. The Balaban J connectivity index is 1.34. The molecule has 5 rings (SSSR count). The predicted molar refractivity (Wildman–Crippen MR) is 129 cm³/mol. The summed E-state index contributed by atoms with van der Waals surface area (Å²) in [5, 5.41) is 2.93. The first kappa shape index (κ1) is 20.7. The molecule has 0 bridgehead atoms. The van der Waals surface area contributed by atoms with Crippen molar-refractivity contribution in [2.45, 2.75) is 55.5 Å². The third-order valence-electron chi connectivity index (χ3n) is 5.29. The molecule has 1 aliphatic carbocycles. The van der Waals surface area contributed by atoms with Gasteiger partial charge in [0.1, 0.15) is 0 Å². The fourth-order valence-electron chi connectivity index (χ4n) is 3.84. The first-order chi connectivity index (χ1) is 15.1. The van der Waals surface area contributed by atoms with Crippen molar-refractivity contribution in [2.75, 3.05) is 5.32 Å². The Kier molecular flexibility index (Phi) is 5.81. The summed E-state index contributed by atoms with van der Waals surface area (Å²) in [4.78, 5) is 36.1. The highest BCUT2D eigenvalue weighted by Gasteiger charge is 2.18. The van der Waals surface area contributed by atoms with Gasteiger partial charge in [-0.3, -0.25) is 14.0 Å². The van der Waals surface area contributed by atoms with E-state index in [1.807, 2.05) is 25.1 Å². The van der Waals surface area contributed by atoms with Crippen molar-refractivity contribution >= 4 is 61.2 Å². The van der Waals surface area contributed by atoms with Crippen molar-refractivity contribution in [3.8, 4) is 0 Å². The van der Waals surface area contributed by atoms with Gasteiger partial charge in [-0.15, -0.1) is 22.7 Å². The van der Waals surface area contributed by atoms with E-state index in [-0.39, 0.29) is 11.5 Å². The molecule has 0 aliphatic heterocycles. The number of anilines is 1. The minimum absolute atomic E-state index is 0.0248. The number of amides is 1. The summed E-state index contributed by atoms with van der Waals surface area (Å²) in [5.74, 6) is 0.637. The quantitative estimate of drug-likeness (QED) is 0.388. The lowest BCUT2D eigenvalue weighted by molar-refractivity contribution is -0.116. The third kappa shape index (κ3) is 4.26. The standard InChI is InChI=1S/C22H22N4O2S3/c1-2-5-19(27)23-13-8-9-15-18(10-13)31-22(25-15)29-12-14-11-20(28)26-16-6-3-4-7-17(16)30-21(26)24-14/h8-11H,2-7,12H2,1H3,(H,23,27). The summed E-state index contributed by atoms with van der Waals surface area (Å²) in [6.07, 6.45) is 5.71. The number of thioether (sulfide) groups is 1. The van der Waals surface area contributed by atoms with Crippen molar-refractivity contribution in [2.24, 2.45) is 0 Å². The molecule has 9 heteroatoms. The number of aromatic nitrogens is 3. The van der Waals surface area contributed by atoms with Gasteiger partial charge < -0.3 is 5.32 Å². The van der Waals surface area contributed by atoms with E-state index in [0.717, 1.165) is 62.3 Å². The van der Waals surface area contributed by atoms with Crippen LogP contribution in [0.15, 0.2) is 33.4 Å². The predicted octanol–water partition coefficient (Wildman–Crippen LogP) is 5.28. The number of hydrogen-bond acceptors (Lipinski definition) is 7. The highest BCUT2D eigenvalue weighted by Crippen LogP contribution is 2.33. The normalized spacial score (nSPS) is 13.6. The molecule has 160 valence electrons. The molecule has 3 heterocycles. The molecular weight excluding hydrogens is 448 g/mol. The number of benzene rings is 1.